The third-order valence-electron chi connectivity index (χ3n) is 7.50. The minimum Gasteiger partial charge on any atom is -0.340 e. The molecular formula is C30H33ClN2O2S. The summed E-state index contributed by atoms with van der Waals surface area (Å²) < 4.78 is 30.7. The van der Waals surface area contributed by atoms with Crippen molar-refractivity contribution < 1.29 is 8.42 Å². The lowest BCUT2D eigenvalue weighted by Gasteiger charge is -2.31. The van der Waals surface area contributed by atoms with Crippen LogP contribution in [0.2, 0.25) is 5.02 Å². The number of sulfonamides is 1. The standard InChI is InChI=1S/C30H33ClN2O2S/c1-3-6-23-11-15-27(16-12-23)36(34,35)32-19-17-25(18-20-32)30-22(2)33(29-8-5-4-7-28(29)30)21-24-9-13-26(31)14-10-24/h4-5,7-16,25H,3,6,17-21H2,1-2H3. The van der Waals surface area contributed by atoms with Crippen LogP contribution in [0.1, 0.15) is 54.5 Å². The first-order valence-electron chi connectivity index (χ1n) is 12.8. The smallest absolute Gasteiger partial charge is 0.243 e. The van der Waals surface area contributed by atoms with Crippen LogP contribution in [0.25, 0.3) is 10.9 Å². The molecule has 5 rings (SSSR count). The normalized spacial score (nSPS) is 15.5. The molecule has 0 aliphatic carbocycles. The van der Waals surface area contributed by atoms with Gasteiger partial charge in [0.25, 0.3) is 0 Å². The number of hydrogen-bond acceptors (Lipinski definition) is 2. The highest BCUT2D eigenvalue weighted by atomic mass is 35.5. The van der Waals surface area contributed by atoms with Gasteiger partial charge in [-0.2, -0.15) is 4.31 Å². The molecule has 2 heterocycles. The second-order valence-corrected chi connectivity index (χ2v) is 12.2. The molecule has 188 valence electrons. The van der Waals surface area contributed by atoms with Gasteiger partial charge in [0.15, 0.2) is 0 Å². The van der Waals surface area contributed by atoms with E-state index in [2.05, 4.69) is 54.8 Å². The third kappa shape index (κ3) is 4.84. The fourth-order valence-electron chi connectivity index (χ4n) is 5.60. The maximum atomic E-state index is 13.3. The number of rotatable bonds is 7. The van der Waals surface area contributed by atoms with E-state index < -0.39 is 10.0 Å². The Kier molecular flexibility index (Phi) is 7.25. The summed E-state index contributed by atoms with van der Waals surface area (Å²) in [6, 6.07) is 24.0. The van der Waals surface area contributed by atoms with E-state index in [1.165, 1.54) is 33.3 Å². The van der Waals surface area contributed by atoms with Crippen molar-refractivity contribution in [2.75, 3.05) is 13.1 Å². The van der Waals surface area contributed by atoms with Gasteiger partial charge >= 0.3 is 0 Å². The highest BCUT2D eigenvalue weighted by molar-refractivity contribution is 7.89. The van der Waals surface area contributed by atoms with Gasteiger partial charge in [-0.25, -0.2) is 8.42 Å². The van der Waals surface area contributed by atoms with Crippen LogP contribution in [0.5, 0.6) is 0 Å². The van der Waals surface area contributed by atoms with E-state index in [9.17, 15) is 8.42 Å². The van der Waals surface area contributed by atoms with Crippen LogP contribution in [-0.4, -0.2) is 30.4 Å². The SMILES string of the molecule is CCCc1ccc(S(=O)(=O)N2CCC(c3c(C)n(Cc4ccc(Cl)cc4)c4ccccc34)CC2)cc1. The summed E-state index contributed by atoms with van der Waals surface area (Å²) in [7, 11) is -3.47. The summed E-state index contributed by atoms with van der Waals surface area (Å²) in [6.07, 6.45) is 3.66. The Morgan fingerprint density at radius 3 is 2.19 bits per heavy atom. The zero-order chi connectivity index (χ0) is 25.3. The number of piperidine rings is 1. The number of aromatic nitrogens is 1. The Morgan fingerprint density at radius 1 is 0.889 bits per heavy atom. The number of aryl methyl sites for hydroxylation is 1. The maximum absolute atomic E-state index is 13.3. The molecule has 1 aliphatic rings. The second-order valence-electron chi connectivity index (χ2n) is 9.80. The van der Waals surface area contributed by atoms with Crippen LogP contribution >= 0.6 is 11.6 Å². The average Bonchev–Trinajstić information content (AvgIpc) is 3.17. The average molecular weight is 521 g/mol. The largest absolute Gasteiger partial charge is 0.340 e. The Balaban J connectivity index is 1.38. The number of halogens is 1. The summed E-state index contributed by atoms with van der Waals surface area (Å²) in [5.41, 5.74) is 6.24. The van der Waals surface area contributed by atoms with E-state index in [1.807, 2.05) is 24.3 Å². The van der Waals surface area contributed by atoms with Crippen molar-refractivity contribution in [3.63, 3.8) is 0 Å². The molecule has 3 aromatic carbocycles. The maximum Gasteiger partial charge on any atom is 0.243 e. The van der Waals surface area contributed by atoms with Gasteiger partial charge in [0, 0.05) is 41.3 Å². The summed E-state index contributed by atoms with van der Waals surface area (Å²) in [6.45, 7) is 6.20. The highest BCUT2D eigenvalue weighted by Crippen LogP contribution is 2.38. The second kappa shape index (κ2) is 10.4. The summed E-state index contributed by atoms with van der Waals surface area (Å²) in [5.74, 6) is 0.333. The molecule has 0 amide bonds. The van der Waals surface area contributed by atoms with Gasteiger partial charge in [0.1, 0.15) is 0 Å². The molecule has 1 saturated heterocycles. The van der Waals surface area contributed by atoms with Gasteiger partial charge in [-0.05, 0) is 79.1 Å². The molecule has 0 spiro atoms. The lowest BCUT2D eigenvalue weighted by Crippen LogP contribution is -2.38. The summed E-state index contributed by atoms with van der Waals surface area (Å²) >= 11 is 6.10. The van der Waals surface area contributed by atoms with Crippen molar-refractivity contribution >= 4 is 32.5 Å². The summed E-state index contributed by atoms with van der Waals surface area (Å²) in [4.78, 5) is 0.400. The molecule has 0 bridgehead atoms. The molecule has 1 aliphatic heterocycles. The molecule has 6 heteroatoms. The van der Waals surface area contributed by atoms with Crippen LogP contribution in [0.3, 0.4) is 0 Å². The van der Waals surface area contributed by atoms with Gasteiger partial charge in [-0.15, -0.1) is 0 Å². The number of fused-ring (bicyclic) bond motifs is 1. The van der Waals surface area contributed by atoms with Crippen molar-refractivity contribution in [2.24, 2.45) is 0 Å². The third-order valence-corrected chi connectivity index (χ3v) is 9.66. The van der Waals surface area contributed by atoms with Crippen LogP contribution < -0.4 is 0 Å². The fraction of sp³-hybridized carbons (Fsp3) is 0.333. The minimum absolute atomic E-state index is 0.333. The van der Waals surface area contributed by atoms with Crippen molar-refractivity contribution in [3.05, 3.63) is 100 Å². The molecule has 0 saturated carbocycles. The molecule has 0 unspecified atom stereocenters. The van der Waals surface area contributed by atoms with E-state index in [0.717, 1.165) is 37.3 Å². The van der Waals surface area contributed by atoms with E-state index in [-0.39, 0.29) is 0 Å². The van der Waals surface area contributed by atoms with Crippen LogP contribution in [-0.2, 0) is 23.0 Å². The molecule has 1 fully saturated rings. The Morgan fingerprint density at radius 2 is 1.53 bits per heavy atom. The van der Waals surface area contributed by atoms with E-state index in [1.54, 1.807) is 16.4 Å². The number of benzene rings is 3. The van der Waals surface area contributed by atoms with E-state index in [0.29, 0.717) is 23.9 Å². The highest BCUT2D eigenvalue weighted by Gasteiger charge is 2.32. The molecule has 1 aromatic heterocycles. The molecular weight excluding hydrogens is 488 g/mol. The fourth-order valence-corrected chi connectivity index (χ4v) is 7.20. The van der Waals surface area contributed by atoms with Gasteiger partial charge in [0.05, 0.1) is 4.90 Å². The van der Waals surface area contributed by atoms with Gasteiger partial charge < -0.3 is 4.57 Å². The lowest BCUT2D eigenvalue weighted by atomic mass is 9.88. The first-order chi connectivity index (χ1) is 17.4. The first-order valence-corrected chi connectivity index (χ1v) is 14.6. The molecule has 0 radical (unpaired) electrons. The predicted octanol–water partition coefficient (Wildman–Crippen LogP) is 7.17. The first kappa shape index (κ1) is 25.1. The van der Waals surface area contributed by atoms with Gasteiger partial charge in [0.2, 0.25) is 10.0 Å². The van der Waals surface area contributed by atoms with Crippen molar-refractivity contribution in [3.8, 4) is 0 Å². The molecule has 0 atom stereocenters. The quantitative estimate of drug-likeness (QED) is 0.259. The van der Waals surface area contributed by atoms with Crippen molar-refractivity contribution in [1.29, 1.82) is 0 Å². The number of para-hydroxylation sites is 1. The molecule has 0 N–H and O–H groups in total. The zero-order valence-electron chi connectivity index (χ0n) is 21.0. The predicted molar refractivity (Wildman–Crippen MR) is 148 cm³/mol. The van der Waals surface area contributed by atoms with Crippen LogP contribution in [0.15, 0.2) is 77.7 Å². The zero-order valence-corrected chi connectivity index (χ0v) is 22.5. The summed E-state index contributed by atoms with van der Waals surface area (Å²) in [5, 5.41) is 2.02. The van der Waals surface area contributed by atoms with Gasteiger partial charge in [-0.1, -0.05) is 67.4 Å². The Labute approximate surface area is 219 Å². The molecule has 4 aromatic rings. The Hall–Kier alpha value is -2.60. The topological polar surface area (TPSA) is 42.3 Å². The van der Waals surface area contributed by atoms with Crippen LogP contribution in [0.4, 0.5) is 0 Å². The number of hydrogen-bond donors (Lipinski definition) is 0. The number of nitrogens with zero attached hydrogens (tertiary/aromatic N) is 2. The monoisotopic (exact) mass is 520 g/mol. The van der Waals surface area contributed by atoms with Crippen LogP contribution in [0, 0.1) is 6.92 Å². The molecule has 4 nitrogen and oxygen atoms in total. The van der Waals surface area contributed by atoms with Gasteiger partial charge in [-0.3, -0.25) is 0 Å². The van der Waals surface area contributed by atoms with E-state index in [4.69, 9.17) is 11.6 Å². The minimum atomic E-state index is -3.47. The van der Waals surface area contributed by atoms with Crippen molar-refractivity contribution in [1.82, 2.24) is 8.87 Å². The van der Waals surface area contributed by atoms with E-state index >= 15 is 0 Å². The van der Waals surface area contributed by atoms with Crippen molar-refractivity contribution in [2.45, 2.75) is 56.9 Å². The molecule has 36 heavy (non-hydrogen) atoms. The lowest BCUT2D eigenvalue weighted by molar-refractivity contribution is 0.319. The Bertz CT molecular complexity index is 1450.